The number of carbonyl (C=O) groups is 1. The van der Waals surface area contributed by atoms with E-state index in [2.05, 4.69) is 36.8 Å². The van der Waals surface area contributed by atoms with E-state index in [1.807, 2.05) is 42.5 Å². The van der Waals surface area contributed by atoms with Gasteiger partial charge < -0.3 is 4.74 Å². The molecule has 1 aromatic heterocycles. The van der Waals surface area contributed by atoms with Gasteiger partial charge in [-0.25, -0.2) is 10.1 Å². The van der Waals surface area contributed by atoms with Crippen LogP contribution in [0.3, 0.4) is 0 Å². The highest BCUT2D eigenvalue weighted by molar-refractivity contribution is 9.10. The number of benzene rings is 2. The number of ether oxygens (including phenoxy) is 1. The molecule has 0 fully saturated rings. The largest absolute Gasteiger partial charge is 0.496 e. The normalized spacial score (nSPS) is 11.1. The Kier molecular flexibility index (Phi) is 5.39. The molecule has 8 heteroatoms. The van der Waals surface area contributed by atoms with E-state index < -0.39 is 0 Å². The van der Waals surface area contributed by atoms with Crippen LogP contribution in [0.1, 0.15) is 12.0 Å². The van der Waals surface area contributed by atoms with Crippen LogP contribution in [-0.2, 0) is 11.3 Å². The van der Waals surface area contributed by atoms with Crippen LogP contribution in [-0.4, -0.2) is 34.2 Å². The fourth-order valence-corrected chi connectivity index (χ4v) is 2.70. The lowest BCUT2D eigenvalue weighted by Gasteiger charge is -2.05. The molecular formula is C17H16BrN5O2. The second-order valence-corrected chi connectivity index (χ2v) is 6.15. The molecule has 1 N–H and O–H groups in total. The van der Waals surface area contributed by atoms with Gasteiger partial charge in [-0.05, 0) is 30.3 Å². The number of hydrogen-bond donors (Lipinski definition) is 1. The molecule has 128 valence electrons. The van der Waals surface area contributed by atoms with E-state index in [0.717, 1.165) is 21.1 Å². The van der Waals surface area contributed by atoms with Gasteiger partial charge in [0, 0.05) is 16.5 Å². The van der Waals surface area contributed by atoms with Crippen LogP contribution in [0, 0.1) is 0 Å². The minimum Gasteiger partial charge on any atom is -0.496 e. The van der Waals surface area contributed by atoms with E-state index in [9.17, 15) is 4.79 Å². The highest BCUT2D eigenvalue weighted by Crippen LogP contribution is 2.21. The van der Waals surface area contributed by atoms with E-state index >= 15 is 0 Å². The minimum atomic E-state index is -0.204. The summed E-state index contributed by atoms with van der Waals surface area (Å²) in [5.74, 6) is 0.472. The molecule has 2 aromatic carbocycles. The van der Waals surface area contributed by atoms with Gasteiger partial charge in [-0.3, -0.25) is 4.79 Å². The predicted octanol–water partition coefficient (Wildman–Crippen LogP) is 2.74. The maximum absolute atomic E-state index is 12.0. The summed E-state index contributed by atoms with van der Waals surface area (Å²) < 4.78 is 7.86. The maximum Gasteiger partial charge on any atom is 0.241 e. The van der Waals surface area contributed by atoms with E-state index in [1.165, 1.54) is 0 Å². The van der Waals surface area contributed by atoms with Crippen molar-refractivity contribution in [3.8, 4) is 5.75 Å². The summed E-state index contributed by atoms with van der Waals surface area (Å²) in [5.41, 5.74) is 4.98. The molecule has 3 aromatic rings. The number of aryl methyl sites for hydroxylation is 1. The number of para-hydroxylation sites is 1. The Balaban J connectivity index is 1.57. The Morgan fingerprint density at radius 3 is 3.04 bits per heavy atom. The zero-order valence-corrected chi connectivity index (χ0v) is 15.1. The number of nitrogens with zero attached hydrogens (tertiary/aromatic N) is 4. The number of fused-ring (bicyclic) bond motifs is 1. The molecule has 7 nitrogen and oxygen atoms in total. The second-order valence-electron chi connectivity index (χ2n) is 5.23. The van der Waals surface area contributed by atoms with Gasteiger partial charge in [-0.15, -0.1) is 5.10 Å². The zero-order valence-electron chi connectivity index (χ0n) is 13.5. The van der Waals surface area contributed by atoms with Gasteiger partial charge in [-0.2, -0.15) is 5.10 Å². The molecule has 3 rings (SSSR count). The van der Waals surface area contributed by atoms with Crippen LogP contribution >= 0.6 is 15.9 Å². The third-order valence-electron chi connectivity index (χ3n) is 3.56. The quantitative estimate of drug-likeness (QED) is 0.508. The van der Waals surface area contributed by atoms with Gasteiger partial charge in [0.15, 0.2) is 0 Å². The second kappa shape index (κ2) is 7.89. The molecule has 0 radical (unpaired) electrons. The zero-order chi connectivity index (χ0) is 17.6. The van der Waals surface area contributed by atoms with Gasteiger partial charge >= 0.3 is 0 Å². The number of hydrogen-bond acceptors (Lipinski definition) is 5. The average molecular weight is 402 g/mol. The molecular weight excluding hydrogens is 386 g/mol. The molecule has 0 aliphatic rings. The van der Waals surface area contributed by atoms with Gasteiger partial charge in [0.05, 0.1) is 25.4 Å². The Bertz CT molecular complexity index is 922. The van der Waals surface area contributed by atoms with Gasteiger partial charge in [0.2, 0.25) is 5.91 Å². The summed E-state index contributed by atoms with van der Waals surface area (Å²) >= 11 is 3.39. The van der Waals surface area contributed by atoms with Crippen molar-refractivity contribution in [2.24, 2.45) is 5.10 Å². The van der Waals surface area contributed by atoms with Crippen LogP contribution in [0.15, 0.2) is 52.0 Å². The molecule has 0 saturated heterocycles. The average Bonchev–Trinajstić information content (AvgIpc) is 3.03. The van der Waals surface area contributed by atoms with Crippen molar-refractivity contribution < 1.29 is 9.53 Å². The number of aromatic nitrogens is 3. The number of rotatable bonds is 6. The van der Waals surface area contributed by atoms with E-state index in [-0.39, 0.29) is 12.3 Å². The fourth-order valence-electron chi connectivity index (χ4n) is 2.33. The summed E-state index contributed by atoms with van der Waals surface area (Å²) in [6.07, 6.45) is 1.80. The molecule has 0 atom stereocenters. The first-order valence-electron chi connectivity index (χ1n) is 7.61. The van der Waals surface area contributed by atoms with Crippen molar-refractivity contribution >= 4 is 39.1 Å². The van der Waals surface area contributed by atoms with Gasteiger partial charge in [-0.1, -0.05) is 33.3 Å². The van der Waals surface area contributed by atoms with Crippen molar-refractivity contribution in [3.05, 3.63) is 52.5 Å². The molecule has 25 heavy (non-hydrogen) atoms. The van der Waals surface area contributed by atoms with Crippen LogP contribution in [0.4, 0.5) is 0 Å². The Labute approximate surface area is 152 Å². The topological polar surface area (TPSA) is 81.4 Å². The lowest BCUT2D eigenvalue weighted by atomic mass is 10.2. The Morgan fingerprint density at radius 1 is 1.36 bits per heavy atom. The van der Waals surface area contributed by atoms with E-state index in [1.54, 1.807) is 18.0 Å². The molecule has 1 heterocycles. The molecule has 0 unspecified atom stereocenters. The first-order valence-corrected chi connectivity index (χ1v) is 8.40. The number of carbonyl (C=O) groups excluding carboxylic acids is 1. The predicted molar refractivity (Wildman–Crippen MR) is 98.6 cm³/mol. The third-order valence-corrected chi connectivity index (χ3v) is 4.05. The first-order chi connectivity index (χ1) is 12.2. The van der Waals surface area contributed by atoms with Crippen molar-refractivity contribution in [2.45, 2.75) is 13.0 Å². The maximum atomic E-state index is 12.0. The smallest absolute Gasteiger partial charge is 0.241 e. The SMILES string of the molecule is COc1ccc(Br)cc1/C=N\NC(=O)CCn1nnc2ccccc21. The van der Waals surface area contributed by atoms with Crippen LogP contribution in [0.5, 0.6) is 5.75 Å². The van der Waals surface area contributed by atoms with Gasteiger partial charge in [0.25, 0.3) is 0 Å². The number of nitrogens with one attached hydrogen (secondary N) is 1. The van der Waals surface area contributed by atoms with Crippen LogP contribution < -0.4 is 10.2 Å². The number of halogens is 1. The van der Waals surface area contributed by atoms with Crippen LogP contribution in [0.2, 0.25) is 0 Å². The monoisotopic (exact) mass is 401 g/mol. The highest BCUT2D eigenvalue weighted by Gasteiger charge is 2.06. The number of methoxy groups -OCH3 is 1. The third kappa shape index (κ3) is 4.21. The van der Waals surface area contributed by atoms with E-state index in [4.69, 9.17) is 4.74 Å². The first kappa shape index (κ1) is 17.1. The Morgan fingerprint density at radius 2 is 2.20 bits per heavy atom. The fraction of sp³-hybridized carbons (Fsp3) is 0.176. The van der Waals surface area contributed by atoms with Crippen molar-refractivity contribution in [2.75, 3.05) is 7.11 Å². The molecule has 1 amide bonds. The van der Waals surface area contributed by atoms with Crippen molar-refractivity contribution in [1.82, 2.24) is 20.4 Å². The number of amides is 1. The molecule has 0 bridgehead atoms. The summed E-state index contributed by atoms with van der Waals surface area (Å²) in [6, 6.07) is 13.2. The molecule has 0 spiro atoms. The number of hydrazone groups is 1. The summed E-state index contributed by atoms with van der Waals surface area (Å²) in [5, 5.41) is 12.1. The lowest BCUT2D eigenvalue weighted by Crippen LogP contribution is -2.19. The highest BCUT2D eigenvalue weighted by atomic mass is 79.9. The summed E-state index contributed by atoms with van der Waals surface area (Å²) in [7, 11) is 1.58. The van der Waals surface area contributed by atoms with Crippen LogP contribution in [0.25, 0.3) is 11.0 Å². The minimum absolute atomic E-state index is 0.204. The summed E-state index contributed by atoms with van der Waals surface area (Å²) in [4.78, 5) is 12.0. The molecule has 0 aliphatic carbocycles. The Hall–Kier alpha value is -2.74. The molecule has 0 saturated carbocycles. The lowest BCUT2D eigenvalue weighted by molar-refractivity contribution is -0.121. The molecule has 0 aliphatic heterocycles. The summed E-state index contributed by atoms with van der Waals surface area (Å²) in [6.45, 7) is 0.433. The van der Waals surface area contributed by atoms with Crippen molar-refractivity contribution in [3.63, 3.8) is 0 Å². The standard InChI is InChI=1S/C17H16BrN5O2/c1-25-16-7-6-13(18)10-12(16)11-19-21-17(24)8-9-23-15-5-3-2-4-14(15)20-22-23/h2-7,10-11H,8-9H2,1H3,(H,21,24)/b19-11-. The van der Waals surface area contributed by atoms with Gasteiger partial charge in [0.1, 0.15) is 11.3 Å². The van der Waals surface area contributed by atoms with E-state index in [0.29, 0.717) is 12.3 Å². The van der Waals surface area contributed by atoms with Crippen molar-refractivity contribution in [1.29, 1.82) is 0 Å².